The van der Waals surface area contributed by atoms with Crippen LogP contribution in [0.2, 0.25) is 0 Å². The summed E-state index contributed by atoms with van der Waals surface area (Å²) in [6.45, 7) is 0. The second kappa shape index (κ2) is 6.26. The van der Waals surface area contributed by atoms with E-state index in [9.17, 15) is 5.11 Å². The normalized spacial score (nSPS) is 12.3. The number of ether oxygens (including phenoxy) is 2. The summed E-state index contributed by atoms with van der Waals surface area (Å²) in [4.78, 5) is 0.843. The Kier molecular flexibility index (Phi) is 4.89. The van der Waals surface area contributed by atoms with Crippen LogP contribution in [0.3, 0.4) is 0 Å². The molecule has 1 N–H and O–H groups in total. The summed E-state index contributed by atoms with van der Waals surface area (Å²) >= 11 is 8.35. The first-order chi connectivity index (χ1) is 9.10. The predicted octanol–water partition coefficient (Wildman–Crippen LogP) is 4.37. The molecule has 2 rings (SSSR count). The molecule has 1 atom stereocenters. The van der Waals surface area contributed by atoms with E-state index >= 15 is 0 Å². The van der Waals surface area contributed by atoms with Crippen LogP contribution in [0.25, 0.3) is 0 Å². The fourth-order valence-electron chi connectivity index (χ4n) is 1.78. The monoisotopic (exact) mass is 406 g/mol. The molecular formula is C13H12Br2O3S. The highest BCUT2D eigenvalue weighted by Crippen LogP contribution is 2.43. The molecular weight excluding hydrogens is 396 g/mol. The fraction of sp³-hybridized carbons (Fsp3) is 0.231. The number of hydrogen-bond acceptors (Lipinski definition) is 4. The van der Waals surface area contributed by atoms with Gasteiger partial charge in [-0.3, -0.25) is 0 Å². The largest absolute Gasteiger partial charge is 0.495 e. The van der Waals surface area contributed by atoms with Crippen molar-refractivity contribution < 1.29 is 14.6 Å². The molecule has 0 spiro atoms. The number of halogens is 2. The molecule has 3 nitrogen and oxygen atoms in total. The van der Waals surface area contributed by atoms with Crippen LogP contribution in [-0.2, 0) is 0 Å². The second-order valence-electron chi connectivity index (χ2n) is 3.74. The van der Waals surface area contributed by atoms with Gasteiger partial charge in [0, 0.05) is 10.0 Å². The molecule has 1 aromatic heterocycles. The maximum atomic E-state index is 10.5. The Labute approximate surface area is 132 Å². The summed E-state index contributed by atoms with van der Waals surface area (Å²) in [6.07, 6.45) is -0.744. The maximum Gasteiger partial charge on any atom is 0.142 e. The van der Waals surface area contributed by atoms with Gasteiger partial charge in [-0.05, 0) is 55.4 Å². The van der Waals surface area contributed by atoms with Crippen LogP contribution in [0.5, 0.6) is 11.5 Å². The number of aliphatic hydroxyl groups excluding tert-OH is 1. The first kappa shape index (κ1) is 14.8. The van der Waals surface area contributed by atoms with Gasteiger partial charge in [0.2, 0.25) is 0 Å². The Bertz CT molecular complexity index is 583. The van der Waals surface area contributed by atoms with Gasteiger partial charge in [-0.15, -0.1) is 11.3 Å². The molecule has 6 heteroatoms. The van der Waals surface area contributed by atoms with E-state index in [0.29, 0.717) is 21.5 Å². The van der Waals surface area contributed by atoms with Crippen molar-refractivity contribution in [3.8, 4) is 11.5 Å². The summed E-state index contributed by atoms with van der Waals surface area (Å²) in [5.74, 6) is 1.24. The zero-order chi connectivity index (χ0) is 14.0. The molecule has 0 fully saturated rings. The lowest BCUT2D eigenvalue weighted by molar-refractivity contribution is 0.217. The van der Waals surface area contributed by atoms with Gasteiger partial charge in [0.05, 0.1) is 19.1 Å². The topological polar surface area (TPSA) is 38.7 Å². The first-order valence-electron chi connectivity index (χ1n) is 5.41. The van der Waals surface area contributed by atoms with Crippen molar-refractivity contribution in [2.75, 3.05) is 14.2 Å². The first-order valence-corrected chi connectivity index (χ1v) is 7.88. The lowest BCUT2D eigenvalue weighted by atomic mass is 10.1. The van der Waals surface area contributed by atoms with E-state index in [-0.39, 0.29) is 0 Å². The van der Waals surface area contributed by atoms with E-state index in [4.69, 9.17) is 9.47 Å². The fourth-order valence-corrected chi connectivity index (χ4v) is 4.05. The smallest absolute Gasteiger partial charge is 0.142 e. The third kappa shape index (κ3) is 2.81. The quantitative estimate of drug-likeness (QED) is 0.817. The van der Waals surface area contributed by atoms with Gasteiger partial charge >= 0.3 is 0 Å². The molecule has 0 saturated heterocycles. The van der Waals surface area contributed by atoms with Crippen LogP contribution in [0.4, 0.5) is 0 Å². The van der Waals surface area contributed by atoms with Crippen LogP contribution in [0.1, 0.15) is 16.5 Å². The second-order valence-corrected chi connectivity index (χ2v) is 6.33. The van der Waals surface area contributed by atoms with Crippen molar-refractivity contribution >= 4 is 43.2 Å². The molecule has 19 heavy (non-hydrogen) atoms. The minimum absolute atomic E-state index is 0.576. The van der Waals surface area contributed by atoms with Crippen LogP contribution < -0.4 is 9.47 Å². The minimum Gasteiger partial charge on any atom is -0.495 e. The van der Waals surface area contributed by atoms with Crippen LogP contribution in [-0.4, -0.2) is 19.3 Å². The van der Waals surface area contributed by atoms with Crippen LogP contribution in [0, 0.1) is 0 Å². The van der Waals surface area contributed by atoms with Crippen molar-refractivity contribution in [1.82, 2.24) is 0 Å². The summed E-state index contributed by atoms with van der Waals surface area (Å²) in [5, 5.41) is 12.4. The van der Waals surface area contributed by atoms with Crippen molar-refractivity contribution in [3.63, 3.8) is 0 Å². The SMILES string of the molecule is COc1ccc(C(O)c2sccc2Br)c(OC)c1Br. The Balaban J connectivity index is 2.51. The van der Waals surface area contributed by atoms with Crippen molar-refractivity contribution in [1.29, 1.82) is 0 Å². The number of aliphatic hydroxyl groups is 1. The lowest BCUT2D eigenvalue weighted by Crippen LogP contribution is -2.02. The summed E-state index contributed by atoms with van der Waals surface area (Å²) in [7, 11) is 3.16. The Morgan fingerprint density at radius 2 is 1.89 bits per heavy atom. The molecule has 0 bridgehead atoms. The highest BCUT2D eigenvalue weighted by atomic mass is 79.9. The van der Waals surface area contributed by atoms with E-state index in [1.807, 2.05) is 11.4 Å². The van der Waals surface area contributed by atoms with Crippen LogP contribution >= 0.6 is 43.2 Å². The van der Waals surface area contributed by atoms with Crippen molar-refractivity contribution in [3.05, 3.63) is 43.0 Å². The predicted molar refractivity (Wildman–Crippen MR) is 83.3 cm³/mol. The Hall–Kier alpha value is -0.560. The molecule has 102 valence electrons. The third-order valence-corrected chi connectivity index (χ3v) is 5.38. The van der Waals surface area contributed by atoms with Gasteiger partial charge in [0.15, 0.2) is 0 Å². The van der Waals surface area contributed by atoms with Crippen molar-refractivity contribution in [2.24, 2.45) is 0 Å². The average molecular weight is 408 g/mol. The minimum atomic E-state index is -0.744. The van der Waals surface area contributed by atoms with E-state index in [1.54, 1.807) is 26.4 Å². The maximum absolute atomic E-state index is 10.5. The summed E-state index contributed by atoms with van der Waals surface area (Å²) in [6, 6.07) is 5.51. The summed E-state index contributed by atoms with van der Waals surface area (Å²) < 4.78 is 12.2. The van der Waals surface area contributed by atoms with Gasteiger partial charge in [0.1, 0.15) is 22.1 Å². The van der Waals surface area contributed by atoms with Gasteiger partial charge in [-0.2, -0.15) is 0 Å². The van der Waals surface area contributed by atoms with Gasteiger partial charge < -0.3 is 14.6 Å². The number of hydrogen-bond donors (Lipinski definition) is 1. The van der Waals surface area contributed by atoms with E-state index in [0.717, 1.165) is 9.35 Å². The molecule has 1 heterocycles. The molecule has 1 aromatic carbocycles. The van der Waals surface area contributed by atoms with E-state index in [1.165, 1.54) is 11.3 Å². The third-order valence-electron chi connectivity index (χ3n) is 2.70. The highest BCUT2D eigenvalue weighted by molar-refractivity contribution is 9.11. The Morgan fingerprint density at radius 1 is 1.16 bits per heavy atom. The van der Waals surface area contributed by atoms with E-state index < -0.39 is 6.10 Å². The molecule has 0 aliphatic carbocycles. The van der Waals surface area contributed by atoms with Gasteiger partial charge in [0.25, 0.3) is 0 Å². The molecule has 0 aliphatic heterocycles. The van der Waals surface area contributed by atoms with Crippen molar-refractivity contribution in [2.45, 2.75) is 6.10 Å². The average Bonchev–Trinajstić information content (AvgIpc) is 2.83. The summed E-state index contributed by atoms with van der Waals surface area (Å²) in [5.41, 5.74) is 0.693. The molecule has 0 amide bonds. The number of benzene rings is 1. The molecule has 0 radical (unpaired) electrons. The number of methoxy groups -OCH3 is 2. The lowest BCUT2D eigenvalue weighted by Gasteiger charge is -2.17. The zero-order valence-electron chi connectivity index (χ0n) is 10.3. The molecule has 1 unspecified atom stereocenters. The molecule has 0 saturated carbocycles. The van der Waals surface area contributed by atoms with Crippen LogP contribution in [0.15, 0.2) is 32.5 Å². The zero-order valence-corrected chi connectivity index (χ0v) is 14.3. The van der Waals surface area contributed by atoms with E-state index in [2.05, 4.69) is 31.9 Å². The molecule has 2 aromatic rings. The Morgan fingerprint density at radius 3 is 2.42 bits per heavy atom. The number of rotatable bonds is 4. The highest BCUT2D eigenvalue weighted by Gasteiger charge is 2.22. The molecule has 0 aliphatic rings. The van der Waals surface area contributed by atoms with Gasteiger partial charge in [-0.25, -0.2) is 0 Å². The standard InChI is InChI=1S/C13H12Br2O3S/c1-17-9-4-3-7(12(18-2)10(9)15)11(16)13-8(14)5-6-19-13/h3-6,11,16H,1-2H3. The van der Waals surface area contributed by atoms with Gasteiger partial charge in [-0.1, -0.05) is 0 Å². The number of thiophene rings is 1.